The predicted molar refractivity (Wildman–Crippen MR) is 58.2 cm³/mol. The number of thioether (sulfide) groups is 1. The van der Waals surface area contributed by atoms with Crippen molar-refractivity contribution in [2.24, 2.45) is 5.73 Å². The van der Waals surface area contributed by atoms with Crippen LogP contribution in [-0.4, -0.2) is 27.9 Å². The summed E-state index contributed by atoms with van der Waals surface area (Å²) in [5.41, 5.74) is 10.0. The van der Waals surface area contributed by atoms with Gasteiger partial charge in [0.2, 0.25) is 0 Å². The van der Waals surface area contributed by atoms with Crippen LogP contribution in [0, 0.1) is 0 Å². The maximum absolute atomic E-state index is 5.76. The van der Waals surface area contributed by atoms with Crippen molar-refractivity contribution in [2.45, 2.75) is 17.3 Å². The number of rotatable bonds is 2. The Kier molecular flexibility index (Phi) is 3.02. The second-order valence-electron chi connectivity index (χ2n) is 3.28. The van der Waals surface area contributed by atoms with Crippen LogP contribution in [0.3, 0.4) is 0 Å². The van der Waals surface area contributed by atoms with Crippen molar-refractivity contribution >= 4 is 11.8 Å². The molecule has 2 atom stereocenters. The van der Waals surface area contributed by atoms with Gasteiger partial charge in [-0.1, -0.05) is 6.07 Å². The Balaban J connectivity index is 1.98. The molecule has 0 aliphatic carbocycles. The van der Waals surface area contributed by atoms with Crippen LogP contribution in [0.4, 0.5) is 0 Å². The summed E-state index contributed by atoms with van der Waals surface area (Å²) in [5, 5.41) is 2.42. The van der Waals surface area contributed by atoms with Gasteiger partial charge in [0.05, 0.1) is 5.37 Å². The van der Waals surface area contributed by atoms with Gasteiger partial charge in [0, 0.05) is 25.4 Å². The number of nitrogens with two attached hydrogens (primary N) is 1. The van der Waals surface area contributed by atoms with Gasteiger partial charge >= 0.3 is 0 Å². The highest BCUT2D eigenvalue weighted by Gasteiger charge is 2.27. The number of pyridine rings is 1. The summed E-state index contributed by atoms with van der Waals surface area (Å²) in [6.07, 6.45) is 2.74. The van der Waals surface area contributed by atoms with Crippen LogP contribution in [0.5, 0.6) is 0 Å². The smallest absolute Gasteiger partial charge is 0.117 e. The van der Waals surface area contributed by atoms with E-state index < -0.39 is 0 Å². The first-order valence-electron chi connectivity index (χ1n) is 4.55. The summed E-state index contributed by atoms with van der Waals surface area (Å²) in [6.45, 7) is 0. The topological polar surface area (TPSA) is 54.2 Å². The largest absolute Gasteiger partial charge is 0.306 e. The quantitative estimate of drug-likeness (QED) is 0.739. The van der Waals surface area contributed by atoms with E-state index in [0.717, 1.165) is 12.1 Å². The van der Waals surface area contributed by atoms with Crippen LogP contribution in [0.15, 0.2) is 24.4 Å². The monoisotopic (exact) mass is 210 g/mol. The van der Waals surface area contributed by atoms with Gasteiger partial charge in [0.15, 0.2) is 0 Å². The fourth-order valence-corrected chi connectivity index (χ4v) is 2.53. The number of hydrogen-bond acceptors (Lipinski definition) is 5. The van der Waals surface area contributed by atoms with Gasteiger partial charge in [-0.15, -0.1) is 11.8 Å². The first kappa shape index (κ1) is 9.92. The maximum atomic E-state index is 5.76. The predicted octanol–water partition coefficient (Wildman–Crippen LogP) is 0.376. The molecule has 14 heavy (non-hydrogen) atoms. The molecule has 0 spiro atoms. The lowest BCUT2D eigenvalue weighted by molar-refractivity contribution is 0.235. The van der Waals surface area contributed by atoms with Gasteiger partial charge in [0.25, 0.3) is 0 Å². The summed E-state index contributed by atoms with van der Waals surface area (Å²) in [6, 6.07) is 5.98. The summed E-state index contributed by atoms with van der Waals surface area (Å²) in [7, 11) is 2.01. The molecule has 1 aromatic rings. The lowest BCUT2D eigenvalue weighted by atomic mass is 10.3. The van der Waals surface area contributed by atoms with Gasteiger partial charge < -0.3 is 5.73 Å². The lowest BCUT2D eigenvalue weighted by Gasteiger charge is -2.16. The normalized spacial score (nSPS) is 28.1. The minimum absolute atomic E-state index is 0.00807. The number of hydrogen-bond donors (Lipinski definition) is 2. The summed E-state index contributed by atoms with van der Waals surface area (Å²) >= 11 is 1.72. The molecule has 0 radical (unpaired) electrons. The van der Waals surface area contributed by atoms with Crippen molar-refractivity contribution in [3.63, 3.8) is 0 Å². The van der Waals surface area contributed by atoms with Crippen molar-refractivity contribution in [3.8, 4) is 0 Å². The number of nitrogens with one attached hydrogen (secondary N) is 1. The molecule has 1 saturated heterocycles. The van der Waals surface area contributed by atoms with E-state index in [4.69, 9.17) is 5.73 Å². The zero-order valence-electron chi connectivity index (χ0n) is 8.05. The summed E-state index contributed by atoms with van der Waals surface area (Å²) < 4.78 is 0. The Hall–Kier alpha value is -0.620. The Morgan fingerprint density at radius 3 is 3.07 bits per heavy atom. The van der Waals surface area contributed by atoms with Crippen molar-refractivity contribution < 1.29 is 0 Å². The van der Waals surface area contributed by atoms with Gasteiger partial charge in [-0.2, -0.15) is 0 Å². The number of aromatic nitrogens is 1. The molecule has 0 saturated carbocycles. The third-order valence-corrected chi connectivity index (χ3v) is 3.37. The molecule has 1 aliphatic rings. The second-order valence-corrected chi connectivity index (χ2v) is 4.60. The van der Waals surface area contributed by atoms with E-state index in [2.05, 4.69) is 10.4 Å². The lowest BCUT2D eigenvalue weighted by Crippen LogP contribution is -2.39. The highest BCUT2D eigenvalue weighted by molar-refractivity contribution is 8.00. The molecule has 1 aromatic heterocycles. The molecule has 1 fully saturated rings. The zero-order valence-corrected chi connectivity index (χ0v) is 8.87. The Labute approximate surface area is 87.8 Å². The van der Waals surface area contributed by atoms with E-state index >= 15 is 0 Å². The van der Waals surface area contributed by atoms with Crippen LogP contribution in [0.2, 0.25) is 0 Å². The average Bonchev–Trinajstić information content (AvgIpc) is 2.47. The molecular weight excluding hydrogens is 196 g/mol. The fourth-order valence-electron chi connectivity index (χ4n) is 1.46. The molecule has 0 aromatic carbocycles. The van der Waals surface area contributed by atoms with Crippen LogP contribution in [0.25, 0.3) is 0 Å². The SMILES string of the molecule is CN1NC(N)SC1Cc1ccccn1. The molecule has 2 rings (SSSR count). The Bertz CT molecular complexity index is 292. The molecule has 3 N–H and O–H groups in total. The van der Waals surface area contributed by atoms with Gasteiger partial charge in [-0.05, 0) is 12.1 Å². The number of likely N-dealkylation sites (N-methyl/N-ethyl adjacent to an activating group) is 1. The average molecular weight is 210 g/mol. The van der Waals surface area contributed by atoms with E-state index in [1.165, 1.54) is 0 Å². The minimum Gasteiger partial charge on any atom is -0.306 e. The zero-order chi connectivity index (χ0) is 9.97. The van der Waals surface area contributed by atoms with Gasteiger partial charge in [-0.25, -0.2) is 10.4 Å². The molecule has 2 heterocycles. The molecule has 4 nitrogen and oxygen atoms in total. The summed E-state index contributed by atoms with van der Waals surface area (Å²) in [4.78, 5) is 4.29. The minimum atomic E-state index is 0.00807. The highest BCUT2D eigenvalue weighted by Crippen LogP contribution is 2.24. The van der Waals surface area contributed by atoms with Gasteiger partial charge in [-0.3, -0.25) is 4.98 Å². The van der Waals surface area contributed by atoms with Crippen molar-refractivity contribution in [2.75, 3.05) is 7.05 Å². The van der Waals surface area contributed by atoms with Crippen molar-refractivity contribution in [1.29, 1.82) is 0 Å². The van der Waals surface area contributed by atoms with E-state index in [1.807, 2.05) is 36.5 Å². The van der Waals surface area contributed by atoms with Crippen molar-refractivity contribution in [3.05, 3.63) is 30.1 Å². The molecule has 5 heteroatoms. The standard InChI is InChI=1S/C9H14N4S/c1-13-8(14-9(10)12-13)6-7-4-2-3-5-11-7/h2-5,8-9,12H,6,10H2,1H3. The number of hydrazine groups is 1. The highest BCUT2D eigenvalue weighted by atomic mass is 32.2. The first-order chi connectivity index (χ1) is 6.75. The maximum Gasteiger partial charge on any atom is 0.117 e. The molecule has 76 valence electrons. The summed E-state index contributed by atoms with van der Waals surface area (Å²) in [5.74, 6) is 0. The van der Waals surface area contributed by atoms with Crippen LogP contribution in [-0.2, 0) is 6.42 Å². The molecule has 0 bridgehead atoms. The first-order valence-corrected chi connectivity index (χ1v) is 5.50. The van der Waals surface area contributed by atoms with Crippen LogP contribution >= 0.6 is 11.8 Å². The fraction of sp³-hybridized carbons (Fsp3) is 0.444. The van der Waals surface area contributed by atoms with E-state index in [0.29, 0.717) is 5.37 Å². The molecular formula is C9H14N4S. The van der Waals surface area contributed by atoms with Crippen molar-refractivity contribution in [1.82, 2.24) is 15.4 Å². The Morgan fingerprint density at radius 1 is 1.64 bits per heavy atom. The second kappa shape index (κ2) is 4.27. The third-order valence-electron chi connectivity index (χ3n) is 2.18. The molecule has 1 aliphatic heterocycles. The van der Waals surface area contributed by atoms with E-state index in [-0.39, 0.29) is 5.50 Å². The molecule has 0 amide bonds. The molecule has 2 unspecified atom stereocenters. The van der Waals surface area contributed by atoms with Crippen LogP contribution < -0.4 is 11.2 Å². The van der Waals surface area contributed by atoms with E-state index in [1.54, 1.807) is 11.8 Å². The Morgan fingerprint density at radius 2 is 2.50 bits per heavy atom. The number of nitrogens with zero attached hydrogens (tertiary/aromatic N) is 2. The van der Waals surface area contributed by atoms with Crippen LogP contribution in [0.1, 0.15) is 5.69 Å². The van der Waals surface area contributed by atoms with E-state index in [9.17, 15) is 0 Å². The third kappa shape index (κ3) is 2.24. The van der Waals surface area contributed by atoms with Gasteiger partial charge in [0.1, 0.15) is 5.50 Å².